The molecule has 4 rings (SSSR count). The van der Waals surface area contributed by atoms with Crippen molar-refractivity contribution in [3.05, 3.63) is 104 Å². The second-order valence-corrected chi connectivity index (χ2v) is 6.78. The highest BCUT2D eigenvalue weighted by Crippen LogP contribution is 2.35. The number of non-ortho nitro benzene ring substituents is 1. The molecule has 148 valence electrons. The second kappa shape index (κ2) is 7.81. The van der Waals surface area contributed by atoms with Crippen LogP contribution in [-0.2, 0) is 0 Å². The molecule has 1 aliphatic rings. The number of nitro benzene ring substituents is 1. The number of halogens is 1. The molecule has 0 N–H and O–H groups in total. The number of nitrogens with zero attached hydrogens (tertiary/aromatic N) is 1. The van der Waals surface area contributed by atoms with Crippen LogP contribution in [0, 0.1) is 10.1 Å². The third-order valence-corrected chi connectivity index (χ3v) is 4.56. The average molecular weight is 422 g/mol. The van der Waals surface area contributed by atoms with Gasteiger partial charge in [-0.15, -0.1) is 0 Å². The van der Waals surface area contributed by atoms with Crippen molar-refractivity contribution in [1.29, 1.82) is 0 Å². The number of esters is 1. The number of hydrogen-bond donors (Lipinski definition) is 0. The van der Waals surface area contributed by atoms with Crippen LogP contribution in [0.2, 0.25) is 5.02 Å². The molecule has 0 radical (unpaired) electrons. The predicted molar refractivity (Wildman–Crippen MR) is 109 cm³/mol. The number of carbonyl (C=O) groups is 2. The van der Waals surface area contributed by atoms with Crippen molar-refractivity contribution in [1.82, 2.24) is 0 Å². The van der Waals surface area contributed by atoms with Gasteiger partial charge in [-0.05, 0) is 42.0 Å². The highest BCUT2D eigenvalue weighted by molar-refractivity contribution is 6.30. The Balaban J connectivity index is 1.54. The smallest absolute Gasteiger partial charge is 0.343 e. The maximum absolute atomic E-state index is 12.5. The zero-order valence-electron chi connectivity index (χ0n) is 15.2. The van der Waals surface area contributed by atoms with Crippen LogP contribution in [0.3, 0.4) is 0 Å². The van der Waals surface area contributed by atoms with Gasteiger partial charge in [0.05, 0.1) is 16.1 Å². The first-order valence-corrected chi connectivity index (χ1v) is 9.09. The van der Waals surface area contributed by atoms with Crippen LogP contribution in [0.25, 0.3) is 6.08 Å². The molecule has 0 amide bonds. The minimum atomic E-state index is -0.764. The van der Waals surface area contributed by atoms with Crippen LogP contribution in [0.1, 0.15) is 26.3 Å². The van der Waals surface area contributed by atoms with Crippen molar-refractivity contribution >= 4 is 35.1 Å². The Bertz CT molecular complexity index is 1220. The fourth-order valence-electron chi connectivity index (χ4n) is 2.85. The minimum absolute atomic E-state index is 0.0324. The summed E-state index contributed by atoms with van der Waals surface area (Å²) in [5.74, 6) is -0.527. The molecule has 0 fully saturated rings. The molecule has 3 aromatic rings. The predicted octanol–water partition coefficient (Wildman–Crippen LogP) is 5.08. The van der Waals surface area contributed by atoms with Gasteiger partial charge in [0.1, 0.15) is 11.5 Å². The van der Waals surface area contributed by atoms with E-state index < -0.39 is 10.9 Å². The van der Waals surface area contributed by atoms with Crippen LogP contribution >= 0.6 is 11.6 Å². The summed E-state index contributed by atoms with van der Waals surface area (Å²) in [6.07, 6.45) is 1.59. The van der Waals surface area contributed by atoms with Gasteiger partial charge in [0, 0.05) is 23.2 Å². The second-order valence-electron chi connectivity index (χ2n) is 6.35. The monoisotopic (exact) mass is 421 g/mol. The summed E-state index contributed by atoms with van der Waals surface area (Å²) in [7, 11) is 0. The molecule has 0 unspecified atom stereocenters. The molecule has 0 aromatic heterocycles. The Morgan fingerprint density at radius 2 is 1.83 bits per heavy atom. The molecule has 0 bridgehead atoms. The molecule has 0 atom stereocenters. The fourth-order valence-corrected chi connectivity index (χ4v) is 2.98. The number of hydrogen-bond acceptors (Lipinski definition) is 6. The Morgan fingerprint density at radius 1 is 1.07 bits per heavy atom. The maximum Gasteiger partial charge on any atom is 0.343 e. The largest absolute Gasteiger partial charge is 0.452 e. The quantitative estimate of drug-likeness (QED) is 0.191. The van der Waals surface area contributed by atoms with Crippen LogP contribution < -0.4 is 9.47 Å². The topological polar surface area (TPSA) is 95.7 Å². The fraction of sp³-hybridized carbons (Fsp3) is 0. The Hall–Kier alpha value is -3.97. The van der Waals surface area contributed by atoms with Gasteiger partial charge < -0.3 is 9.47 Å². The number of fused-ring (bicyclic) bond motifs is 1. The van der Waals surface area contributed by atoms with Gasteiger partial charge in [0.25, 0.3) is 5.69 Å². The molecule has 1 aliphatic heterocycles. The van der Waals surface area contributed by atoms with Crippen molar-refractivity contribution in [3.63, 3.8) is 0 Å². The minimum Gasteiger partial charge on any atom is -0.452 e. The highest BCUT2D eigenvalue weighted by Gasteiger charge is 2.28. The number of ketones is 1. The third kappa shape index (κ3) is 3.92. The summed E-state index contributed by atoms with van der Waals surface area (Å²) in [5.41, 5.74) is 0.896. The number of nitro groups is 1. The lowest BCUT2D eigenvalue weighted by molar-refractivity contribution is -0.384. The first kappa shape index (κ1) is 19.4. The normalized spacial score (nSPS) is 13.6. The molecule has 8 heteroatoms. The van der Waals surface area contributed by atoms with E-state index in [-0.39, 0.29) is 34.3 Å². The number of allylic oxidation sites excluding steroid dienone is 1. The van der Waals surface area contributed by atoms with Crippen molar-refractivity contribution in [2.45, 2.75) is 0 Å². The van der Waals surface area contributed by atoms with Crippen LogP contribution in [0.4, 0.5) is 5.69 Å². The lowest BCUT2D eigenvalue weighted by atomic mass is 10.1. The summed E-state index contributed by atoms with van der Waals surface area (Å²) in [6.45, 7) is 0. The highest BCUT2D eigenvalue weighted by atomic mass is 35.5. The molecule has 0 aliphatic carbocycles. The maximum atomic E-state index is 12.5. The molecular formula is C22H12ClNO6. The summed E-state index contributed by atoms with van der Waals surface area (Å²) >= 11 is 5.86. The zero-order valence-corrected chi connectivity index (χ0v) is 16.0. The molecule has 0 saturated heterocycles. The first-order valence-electron chi connectivity index (χ1n) is 8.71. The van der Waals surface area contributed by atoms with Crippen molar-refractivity contribution in [2.24, 2.45) is 0 Å². The van der Waals surface area contributed by atoms with E-state index in [4.69, 9.17) is 21.1 Å². The lowest BCUT2D eigenvalue weighted by Gasteiger charge is -2.05. The van der Waals surface area contributed by atoms with E-state index in [1.165, 1.54) is 36.4 Å². The molecule has 0 spiro atoms. The van der Waals surface area contributed by atoms with E-state index in [9.17, 15) is 19.7 Å². The molecule has 1 heterocycles. The van der Waals surface area contributed by atoms with Crippen molar-refractivity contribution in [3.8, 4) is 11.5 Å². The van der Waals surface area contributed by atoms with Crippen LogP contribution in [0.5, 0.6) is 11.5 Å². The molecular weight excluding hydrogens is 410 g/mol. The number of ether oxygens (including phenoxy) is 2. The first-order chi connectivity index (χ1) is 14.4. The average Bonchev–Trinajstić information content (AvgIpc) is 3.04. The van der Waals surface area contributed by atoms with E-state index in [1.54, 1.807) is 30.3 Å². The van der Waals surface area contributed by atoms with Crippen LogP contribution in [-0.4, -0.2) is 16.7 Å². The number of benzene rings is 3. The van der Waals surface area contributed by atoms with E-state index >= 15 is 0 Å². The van der Waals surface area contributed by atoms with Gasteiger partial charge in [-0.25, -0.2) is 4.79 Å². The Kier molecular flexibility index (Phi) is 5.04. The van der Waals surface area contributed by atoms with Gasteiger partial charge in [-0.1, -0.05) is 29.8 Å². The molecule has 30 heavy (non-hydrogen) atoms. The Morgan fingerprint density at radius 3 is 2.57 bits per heavy atom. The molecule has 0 saturated carbocycles. The third-order valence-electron chi connectivity index (χ3n) is 4.31. The summed E-state index contributed by atoms with van der Waals surface area (Å²) < 4.78 is 10.9. The van der Waals surface area contributed by atoms with E-state index in [0.29, 0.717) is 10.6 Å². The number of rotatable bonds is 4. The van der Waals surface area contributed by atoms with E-state index in [2.05, 4.69) is 0 Å². The van der Waals surface area contributed by atoms with Gasteiger partial charge in [0.15, 0.2) is 5.76 Å². The van der Waals surface area contributed by atoms with Crippen LogP contribution in [0.15, 0.2) is 72.5 Å². The lowest BCUT2D eigenvalue weighted by Crippen LogP contribution is -2.08. The van der Waals surface area contributed by atoms with Gasteiger partial charge in [-0.3, -0.25) is 14.9 Å². The van der Waals surface area contributed by atoms with Gasteiger partial charge in [0.2, 0.25) is 5.78 Å². The number of Topliss-reactive ketones (excluding diaryl/α,β-unsaturated/α-hetero) is 1. The number of carbonyl (C=O) groups excluding carboxylic acids is 2. The summed E-state index contributed by atoms with van der Waals surface area (Å²) in [6, 6.07) is 16.5. The Labute approximate surface area is 175 Å². The zero-order chi connectivity index (χ0) is 21.3. The summed E-state index contributed by atoms with van der Waals surface area (Å²) in [4.78, 5) is 35.1. The molecule has 7 nitrogen and oxygen atoms in total. The SMILES string of the molecule is O=C(Oc1ccc2c(c1)OC(=Cc1ccc(Cl)cc1)C2=O)c1cccc([N+](=O)[O-])c1. The van der Waals surface area contributed by atoms with Crippen molar-refractivity contribution in [2.75, 3.05) is 0 Å². The van der Waals surface area contributed by atoms with Gasteiger partial charge in [-0.2, -0.15) is 0 Å². The standard InChI is InChI=1S/C22H12ClNO6/c23-15-6-4-13(5-7-15)10-20-21(25)18-9-8-17(12-19(18)30-20)29-22(26)14-2-1-3-16(11-14)24(27)28/h1-12H. The molecule has 3 aromatic carbocycles. The summed E-state index contributed by atoms with van der Waals surface area (Å²) in [5, 5.41) is 11.4. The van der Waals surface area contributed by atoms with E-state index in [1.807, 2.05) is 0 Å². The van der Waals surface area contributed by atoms with Gasteiger partial charge >= 0.3 is 5.97 Å². The van der Waals surface area contributed by atoms with Crippen molar-refractivity contribution < 1.29 is 24.0 Å². The van der Waals surface area contributed by atoms with E-state index in [0.717, 1.165) is 11.6 Å².